The van der Waals surface area contributed by atoms with E-state index < -0.39 is 11.7 Å². The zero-order valence-electron chi connectivity index (χ0n) is 15.5. The molecule has 0 aliphatic rings. The van der Waals surface area contributed by atoms with Crippen LogP contribution in [0.3, 0.4) is 0 Å². The van der Waals surface area contributed by atoms with E-state index >= 15 is 0 Å². The first-order valence-corrected chi connectivity index (χ1v) is 9.99. The van der Waals surface area contributed by atoms with Crippen LogP contribution in [0.2, 0.25) is 5.02 Å². The molecule has 0 atom stereocenters. The summed E-state index contributed by atoms with van der Waals surface area (Å²) in [7, 11) is 1.50. The fraction of sp³-hybridized carbons (Fsp3) is 0.143. The van der Waals surface area contributed by atoms with E-state index in [1.54, 1.807) is 30.1 Å². The lowest BCUT2D eigenvalue weighted by atomic mass is 10.3. The van der Waals surface area contributed by atoms with Crippen molar-refractivity contribution in [2.45, 2.75) is 10.6 Å². The molecule has 5 nitrogen and oxygen atoms in total. The van der Waals surface area contributed by atoms with Gasteiger partial charge in [-0.3, -0.25) is 9.78 Å². The quantitative estimate of drug-likeness (QED) is 0.496. The second-order valence-electron chi connectivity index (χ2n) is 5.92. The summed E-state index contributed by atoms with van der Waals surface area (Å²) in [6, 6.07) is 14.9. The first-order chi connectivity index (χ1) is 14.0. The van der Waals surface area contributed by atoms with E-state index in [-0.39, 0.29) is 6.61 Å². The number of carbonyl (C=O) groups is 1. The summed E-state index contributed by atoms with van der Waals surface area (Å²) in [6.45, 7) is -0.249. The number of halogens is 2. The van der Waals surface area contributed by atoms with Crippen LogP contribution in [0, 0.1) is 5.82 Å². The standard InChI is InChI=1S/C21H18ClFN2O3S/c1-27-20-11-24-17(13-29-18-7-5-14(22)6-8-18)10-19(20)28-12-21(26)25-16-4-2-3-15(23)9-16/h2-11H,12-13H2,1H3,(H,25,26). The van der Waals surface area contributed by atoms with Crippen molar-refractivity contribution in [3.05, 3.63) is 77.3 Å². The van der Waals surface area contributed by atoms with Crippen LogP contribution in [0.1, 0.15) is 5.69 Å². The Morgan fingerprint density at radius 3 is 2.69 bits per heavy atom. The first kappa shape index (κ1) is 21.0. The van der Waals surface area contributed by atoms with Crippen molar-refractivity contribution in [1.82, 2.24) is 4.98 Å². The van der Waals surface area contributed by atoms with Crippen molar-refractivity contribution in [3.63, 3.8) is 0 Å². The van der Waals surface area contributed by atoms with Gasteiger partial charge in [-0.1, -0.05) is 17.7 Å². The molecule has 0 unspecified atom stereocenters. The molecule has 3 rings (SSSR count). The largest absolute Gasteiger partial charge is 0.491 e. The number of hydrogen-bond acceptors (Lipinski definition) is 5. The number of aromatic nitrogens is 1. The minimum Gasteiger partial charge on any atom is -0.491 e. The lowest BCUT2D eigenvalue weighted by Crippen LogP contribution is -2.20. The smallest absolute Gasteiger partial charge is 0.262 e. The highest BCUT2D eigenvalue weighted by Gasteiger charge is 2.11. The van der Waals surface area contributed by atoms with Gasteiger partial charge in [0, 0.05) is 27.4 Å². The second-order valence-corrected chi connectivity index (χ2v) is 7.40. The van der Waals surface area contributed by atoms with E-state index in [2.05, 4.69) is 10.3 Å². The summed E-state index contributed by atoms with van der Waals surface area (Å²) in [5, 5.41) is 3.27. The molecule has 2 aromatic carbocycles. The lowest BCUT2D eigenvalue weighted by Gasteiger charge is -2.12. The summed E-state index contributed by atoms with van der Waals surface area (Å²) in [5.74, 6) is 0.596. The molecule has 0 saturated heterocycles. The number of rotatable bonds is 8. The molecule has 0 aliphatic carbocycles. The molecule has 0 bridgehead atoms. The topological polar surface area (TPSA) is 60.5 Å². The number of amides is 1. The van der Waals surface area contributed by atoms with Crippen molar-refractivity contribution in [2.75, 3.05) is 19.0 Å². The van der Waals surface area contributed by atoms with Crippen LogP contribution < -0.4 is 14.8 Å². The number of hydrogen-bond donors (Lipinski definition) is 1. The van der Waals surface area contributed by atoms with E-state index in [1.807, 2.05) is 24.3 Å². The minimum absolute atomic E-state index is 0.249. The number of ether oxygens (including phenoxy) is 2. The molecule has 0 aliphatic heterocycles. The van der Waals surface area contributed by atoms with Crippen LogP contribution in [0.25, 0.3) is 0 Å². The first-order valence-electron chi connectivity index (χ1n) is 8.63. The Bertz CT molecular complexity index is 986. The van der Waals surface area contributed by atoms with Crippen LogP contribution in [-0.2, 0) is 10.5 Å². The molecular weight excluding hydrogens is 415 g/mol. The molecule has 1 heterocycles. The third kappa shape index (κ3) is 6.37. The Balaban J connectivity index is 1.60. The van der Waals surface area contributed by atoms with Gasteiger partial charge in [0.2, 0.25) is 0 Å². The van der Waals surface area contributed by atoms with E-state index in [4.69, 9.17) is 21.1 Å². The van der Waals surface area contributed by atoms with E-state index in [0.29, 0.717) is 28.0 Å². The Labute approximate surface area is 177 Å². The zero-order valence-corrected chi connectivity index (χ0v) is 17.1. The average molecular weight is 433 g/mol. The van der Waals surface area contributed by atoms with Gasteiger partial charge in [0.05, 0.1) is 19.0 Å². The van der Waals surface area contributed by atoms with Gasteiger partial charge < -0.3 is 14.8 Å². The van der Waals surface area contributed by atoms with Gasteiger partial charge in [0.15, 0.2) is 18.1 Å². The Morgan fingerprint density at radius 2 is 1.97 bits per heavy atom. The minimum atomic E-state index is -0.428. The van der Waals surface area contributed by atoms with Gasteiger partial charge in [-0.05, 0) is 42.5 Å². The van der Waals surface area contributed by atoms with E-state index in [1.165, 1.54) is 25.3 Å². The van der Waals surface area contributed by atoms with Gasteiger partial charge in [-0.25, -0.2) is 4.39 Å². The summed E-state index contributed by atoms with van der Waals surface area (Å²) < 4.78 is 24.1. The molecule has 1 N–H and O–H groups in total. The van der Waals surface area contributed by atoms with Crippen LogP contribution in [0.4, 0.5) is 10.1 Å². The predicted octanol–water partition coefficient (Wildman–Crippen LogP) is 5.19. The number of anilines is 1. The highest BCUT2D eigenvalue weighted by atomic mass is 35.5. The summed E-state index contributed by atoms with van der Waals surface area (Å²) in [4.78, 5) is 17.5. The Morgan fingerprint density at radius 1 is 1.17 bits per heavy atom. The maximum atomic E-state index is 13.2. The normalized spacial score (nSPS) is 10.4. The number of nitrogens with one attached hydrogen (secondary N) is 1. The fourth-order valence-corrected chi connectivity index (χ4v) is 3.33. The number of benzene rings is 2. The summed E-state index contributed by atoms with van der Waals surface area (Å²) >= 11 is 7.50. The molecular formula is C21H18ClFN2O3S. The number of thioether (sulfide) groups is 1. The number of carbonyl (C=O) groups excluding carboxylic acids is 1. The Hall–Kier alpha value is -2.77. The zero-order chi connectivity index (χ0) is 20.6. The van der Waals surface area contributed by atoms with Crippen LogP contribution in [-0.4, -0.2) is 24.6 Å². The number of nitrogens with zero attached hydrogens (tertiary/aromatic N) is 1. The molecule has 0 spiro atoms. The van der Waals surface area contributed by atoms with Crippen molar-refractivity contribution in [2.24, 2.45) is 0 Å². The van der Waals surface area contributed by atoms with Crippen molar-refractivity contribution >= 4 is 35.0 Å². The van der Waals surface area contributed by atoms with Crippen LogP contribution in [0.5, 0.6) is 11.5 Å². The molecule has 0 radical (unpaired) electrons. The fourth-order valence-electron chi connectivity index (χ4n) is 2.40. The predicted molar refractivity (Wildman–Crippen MR) is 112 cm³/mol. The third-order valence-corrected chi connectivity index (χ3v) is 5.07. The average Bonchev–Trinajstić information content (AvgIpc) is 2.72. The second kappa shape index (κ2) is 10.1. The molecule has 1 aromatic heterocycles. The Kier molecular flexibility index (Phi) is 7.32. The summed E-state index contributed by atoms with van der Waals surface area (Å²) in [6.07, 6.45) is 1.55. The molecule has 1 amide bonds. The van der Waals surface area contributed by atoms with Crippen molar-refractivity contribution in [3.8, 4) is 11.5 Å². The monoisotopic (exact) mass is 432 g/mol. The highest BCUT2D eigenvalue weighted by molar-refractivity contribution is 7.98. The maximum Gasteiger partial charge on any atom is 0.262 e. The summed E-state index contributed by atoms with van der Waals surface area (Å²) in [5.41, 5.74) is 1.13. The van der Waals surface area contributed by atoms with Crippen molar-refractivity contribution < 1.29 is 18.7 Å². The lowest BCUT2D eigenvalue weighted by molar-refractivity contribution is -0.118. The maximum absolute atomic E-state index is 13.2. The SMILES string of the molecule is COc1cnc(CSc2ccc(Cl)cc2)cc1OCC(=O)Nc1cccc(F)c1. The molecule has 8 heteroatoms. The number of pyridine rings is 1. The van der Waals surface area contributed by atoms with Gasteiger partial charge in [0.1, 0.15) is 5.82 Å². The van der Waals surface area contributed by atoms with Crippen LogP contribution >= 0.6 is 23.4 Å². The molecule has 3 aromatic rings. The third-order valence-electron chi connectivity index (χ3n) is 3.78. The van der Waals surface area contributed by atoms with Gasteiger partial charge in [0.25, 0.3) is 5.91 Å². The number of methoxy groups -OCH3 is 1. The van der Waals surface area contributed by atoms with Gasteiger partial charge in [-0.2, -0.15) is 0 Å². The van der Waals surface area contributed by atoms with Gasteiger partial charge in [-0.15, -0.1) is 11.8 Å². The molecule has 0 fully saturated rings. The van der Waals surface area contributed by atoms with Crippen LogP contribution in [0.15, 0.2) is 65.7 Å². The van der Waals surface area contributed by atoms with E-state index in [0.717, 1.165) is 10.6 Å². The van der Waals surface area contributed by atoms with Gasteiger partial charge >= 0.3 is 0 Å². The highest BCUT2D eigenvalue weighted by Crippen LogP contribution is 2.30. The molecule has 0 saturated carbocycles. The molecule has 150 valence electrons. The molecule has 29 heavy (non-hydrogen) atoms. The van der Waals surface area contributed by atoms with E-state index in [9.17, 15) is 9.18 Å². The van der Waals surface area contributed by atoms with Crippen molar-refractivity contribution in [1.29, 1.82) is 0 Å².